The zero-order valence-electron chi connectivity index (χ0n) is 9.63. The SMILES string of the molecule is CCC(C(=O)CCC(F)(F)F)c1ccccc1. The Labute approximate surface area is 98.6 Å². The van der Waals surface area contributed by atoms with Gasteiger partial charge in [0.1, 0.15) is 5.78 Å². The first-order valence-corrected chi connectivity index (χ1v) is 5.58. The van der Waals surface area contributed by atoms with Crippen LogP contribution in [-0.4, -0.2) is 12.0 Å². The van der Waals surface area contributed by atoms with Crippen LogP contribution in [0.25, 0.3) is 0 Å². The molecule has 0 N–H and O–H groups in total. The minimum absolute atomic E-state index is 0.337. The van der Waals surface area contributed by atoms with Gasteiger partial charge in [-0.3, -0.25) is 4.79 Å². The first-order chi connectivity index (χ1) is 7.94. The number of benzene rings is 1. The predicted octanol–water partition coefficient (Wildman–Crippen LogP) is 4.09. The summed E-state index contributed by atoms with van der Waals surface area (Å²) in [5, 5.41) is 0. The highest BCUT2D eigenvalue weighted by Gasteiger charge is 2.29. The van der Waals surface area contributed by atoms with Gasteiger partial charge in [0.15, 0.2) is 0 Å². The summed E-state index contributed by atoms with van der Waals surface area (Å²) in [5.41, 5.74) is 0.794. The first-order valence-electron chi connectivity index (χ1n) is 5.58. The van der Waals surface area contributed by atoms with Gasteiger partial charge in [-0.05, 0) is 12.0 Å². The van der Waals surface area contributed by atoms with E-state index in [4.69, 9.17) is 0 Å². The normalized spacial score (nSPS) is 13.4. The van der Waals surface area contributed by atoms with Gasteiger partial charge in [-0.25, -0.2) is 0 Å². The summed E-state index contributed by atoms with van der Waals surface area (Å²) in [7, 11) is 0. The van der Waals surface area contributed by atoms with Crippen molar-refractivity contribution in [1.29, 1.82) is 0 Å². The fourth-order valence-corrected chi connectivity index (χ4v) is 1.77. The minimum atomic E-state index is -4.26. The molecule has 1 unspecified atom stereocenters. The van der Waals surface area contributed by atoms with Crippen LogP contribution >= 0.6 is 0 Å². The monoisotopic (exact) mass is 244 g/mol. The largest absolute Gasteiger partial charge is 0.389 e. The number of halogens is 3. The van der Waals surface area contributed by atoms with Gasteiger partial charge >= 0.3 is 6.18 Å². The fourth-order valence-electron chi connectivity index (χ4n) is 1.77. The summed E-state index contributed by atoms with van der Waals surface area (Å²) in [4.78, 5) is 11.7. The molecule has 0 bridgehead atoms. The molecule has 0 aliphatic carbocycles. The van der Waals surface area contributed by atoms with Crippen LogP contribution in [0.5, 0.6) is 0 Å². The van der Waals surface area contributed by atoms with E-state index in [0.717, 1.165) is 5.56 Å². The van der Waals surface area contributed by atoms with Crippen LogP contribution in [0.3, 0.4) is 0 Å². The highest BCUT2D eigenvalue weighted by Crippen LogP contribution is 2.26. The number of ketones is 1. The summed E-state index contributed by atoms with van der Waals surface area (Å²) < 4.78 is 36.1. The van der Waals surface area contributed by atoms with Crippen molar-refractivity contribution in [3.63, 3.8) is 0 Å². The second kappa shape index (κ2) is 5.84. The van der Waals surface area contributed by atoms with E-state index in [1.54, 1.807) is 24.3 Å². The Balaban J connectivity index is 2.66. The summed E-state index contributed by atoms with van der Waals surface area (Å²) in [6, 6.07) is 8.94. The van der Waals surface area contributed by atoms with Gasteiger partial charge in [0.2, 0.25) is 0 Å². The molecule has 0 spiro atoms. The van der Waals surface area contributed by atoms with E-state index in [1.165, 1.54) is 0 Å². The number of carbonyl (C=O) groups excluding carboxylic acids is 1. The van der Waals surface area contributed by atoms with Gasteiger partial charge in [-0.2, -0.15) is 13.2 Å². The van der Waals surface area contributed by atoms with Gasteiger partial charge in [0.25, 0.3) is 0 Å². The Morgan fingerprint density at radius 1 is 1.24 bits per heavy atom. The van der Waals surface area contributed by atoms with Crippen LogP contribution in [0, 0.1) is 0 Å². The van der Waals surface area contributed by atoms with Crippen molar-refractivity contribution in [2.75, 3.05) is 0 Å². The number of hydrogen-bond donors (Lipinski definition) is 0. The lowest BCUT2D eigenvalue weighted by atomic mass is 9.90. The molecule has 1 aromatic carbocycles. The lowest BCUT2D eigenvalue weighted by molar-refractivity contribution is -0.143. The summed E-state index contributed by atoms with van der Waals surface area (Å²) in [6.45, 7) is 1.81. The fraction of sp³-hybridized carbons (Fsp3) is 0.462. The van der Waals surface area contributed by atoms with Gasteiger partial charge in [-0.1, -0.05) is 37.3 Å². The van der Waals surface area contributed by atoms with E-state index in [1.807, 2.05) is 13.0 Å². The second-order valence-electron chi connectivity index (χ2n) is 3.95. The summed E-state index contributed by atoms with van der Waals surface area (Å²) in [6.07, 6.45) is -5.20. The number of Topliss-reactive ketones (excluding diaryl/α,β-unsaturated/α-hetero) is 1. The van der Waals surface area contributed by atoms with Crippen molar-refractivity contribution in [3.05, 3.63) is 35.9 Å². The van der Waals surface area contributed by atoms with Gasteiger partial charge in [-0.15, -0.1) is 0 Å². The third-order valence-corrected chi connectivity index (χ3v) is 2.65. The summed E-state index contributed by atoms with van der Waals surface area (Å²) in [5.74, 6) is -0.755. The lowest BCUT2D eigenvalue weighted by Gasteiger charge is -2.14. The average molecular weight is 244 g/mol. The lowest BCUT2D eigenvalue weighted by Crippen LogP contribution is -2.16. The average Bonchev–Trinajstić information content (AvgIpc) is 2.28. The molecule has 0 amide bonds. The maximum absolute atomic E-state index is 12.0. The van der Waals surface area contributed by atoms with Gasteiger partial charge < -0.3 is 0 Å². The molecule has 0 aliphatic heterocycles. The standard InChI is InChI=1S/C13H15F3O/c1-2-11(10-6-4-3-5-7-10)12(17)8-9-13(14,15)16/h3-7,11H,2,8-9H2,1H3. The second-order valence-corrected chi connectivity index (χ2v) is 3.95. The third-order valence-electron chi connectivity index (χ3n) is 2.65. The van der Waals surface area contributed by atoms with Gasteiger partial charge in [0.05, 0.1) is 6.42 Å². The molecule has 0 aromatic heterocycles. The molecule has 1 nitrogen and oxygen atoms in total. The predicted molar refractivity (Wildman–Crippen MR) is 59.8 cm³/mol. The molecule has 94 valence electrons. The van der Waals surface area contributed by atoms with E-state index >= 15 is 0 Å². The molecule has 0 saturated heterocycles. The number of carbonyl (C=O) groups is 1. The molecule has 1 rings (SSSR count). The topological polar surface area (TPSA) is 17.1 Å². The zero-order valence-corrected chi connectivity index (χ0v) is 9.63. The maximum atomic E-state index is 12.0. The molecule has 17 heavy (non-hydrogen) atoms. The molecular formula is C13H15F3O. The Morgan fingerprint density at radius 3 is 2.29 bits per heavy atom. The Kier molecular flexibility index (Phi) is 4.73. The highest BCUT2D eigenvalue weighted by atomic mass is 19.4. The van der Waals surface area contributed by atoms with Crippen molar-refractivity contribution >= 4 is 5.78 Å². The molecule has 0 fully saturated rings. The van der Waals surface area contributed by atoms with E-state index in [9.17, 15) is 18.0 Å². The third kappa shape index (κ3) is 4.59. The van der Waals surface area contributed by atoms with Crippen molar-refractivity contribution < 1.29 is 18.0 Å². The maximum Gasteiger partial charge on any atom is 0.389 e. The quantitative estimate of drug-likeness (QED) is 0.762. The van der Waals surface area contributed by atoms with E-state index in [-0.39, 0.29) is 5.78 Å². The number of hydrogen-bond acceptors (Lipinski definition) is 1. The molecule has 0 radical (unpaired) electrons. The van der Waals surface area contributed by atoms with E-state index in [0.29, 0.717) is 6.42 Å². The molecule has 0 aliphatic rings. The van der Waals surface area contributed by atoms with Crippen LogP contribution < -0.4 is 0 Å². The molecule has 4 heteroatoms. The number of rotatable bonds is 5. The molecule has 1 atom stereocenters. The van der Waals surface area contributed by atoms with E-state index in [2.05, 4.69) is 0 Å². The molecular weight excluding hydrogens is 229 g/mol. The Hall–Kier alpha value is -1.32. The van der Waals surface area contributed by atoms with Gasteiger partial charge in [0, 0.05) is 12.3 Å². The summed E-state index contributed by atoms with van der Waals surface area (Å²) >= 11 is 0. The van der Waals surface area contributed by atoms with Crippen LogP contribution in [0.15, 0.2) is 30.3 Å². The Morgan fingerprint density at radius 2 is 1.82 bits per heavy atom. The van der Waals surface area contributed by atoms with Crippen molar-refractivity contribution in [3.8, 4) is 0 Å². The molecule has 0 saturated carbocycles. The Bertz CT molecular complexity index is 357. The number of alkyl halides is 3. The molecule has 0 heterocycles. The van der Waals surface area contributed by atoms with Crippen molar-refractivity contribution in [1.82, 2.24) is 0 Å². The van der Waals surface area contributed by atoms with Crippen LogP contribution in [0.1, 0.15) is 37.7 Å². The van der Waals surface area contributed by atoms with Crippen LogP contribution in [0.2, 0.25) is 0 Å². The van der Waals surface area contributed by atoms with Crippen molar-refractivity contribution in [2.24, 2.45) is 0 Å². The van der Waals surface area contributed by atoms with Crippen LogP contribution in [0.4, 0.5) is 13.2 Å². The minimum Gasteiger partial charge on any atom is -0.299 e. The zero-order chi connectivity index (χ0) is 12.9. The molecule has 1 aromatic rings. The van der Waals surface area contributed by atoms with Crippen molar-refractivity contribution in [2.45, 2.75) is 38.3 Å². The first kappa shape index (κ1) is 13.7. The smallest absolute Gasteiger partial charge is 0.299 e. The highest BCUT2D eigenvalue weighted by molar-refractivity contribution is 5.85. The van der Waals surface area contributed by atoms with E-state index < -0.39 is 24.9 Å². The van der Waals surface area contributed by atoms with Crippen LogP contribution in [-0.2, 0) is 4.79 Å².